The molecule has 0 amide bonds. The maximum atomic E-state index is 5.36. The lowest BCUT2D eigenvalue weighted by atomic mass is 10.1. The summed E-state index contributed by atoms with van der Waals surface area (Å²) in [5.74, 6) is 0.840. The van der Waals surface area contributed by atoms with Crippen LogP contribution in [0.1, 0.15) is 18.1 Å². The summed E-state index contributed by atoms with van der Waals surface area (Å²) in [6.07, 6.45) is 2.81. The summed E-state index contributed by atoms with van der Waals surface area (Å²) < 4.78 is 10.4. The first-order valence-electron chi connectivity index (χ1n) is 6.57. The Hall–Kier alpha value is -1.65. The Morgan fingerprint density at radius 3 is 2.74 bits per heavy atom. The highest BCUT2D eigenvalue weighted by Gasteiger charge is 2.10. The average Bonchev–Trinajstić information content (AvgIpc) is 2.92. The van der Waals surface area contributed by atoms with Gasteiger partial charge in [-0.3, -0.25) is 0 Å². The summed E-state index contributed by atoms with van der Waals surface area (Å²) in [6.45, 7) is 4.40. The summed E-state index contributed by atoms with van der Waals surface area (Å²) in [4.78, 5) is 0. The molecular formula is C15H20N2O2. The van der Waals surface area contributed by atoms with Gasteiger partial charge < -0.3 is 14.6 Å². The molecule has 1 aromatic heterocycles. The van der Waals surface area contributed by atoms with Crippen molar-refractivity contribution >= 4 is 0 Å². The highest BCUT2D eigenvalue weighted by Crippen LogP contribution is 2.23. The number of ether oxygens (including phenoxy) is 1. The molecule has 0 bridgehead atoms. The number of hydrogen-bond donors (Lipinski definition) is 1. The second kappa shape index (κ2) is 7.07. The Labute approximate surface area is 113 Å². The van der Waals surface area contributed by atoms with Gasteiger partial charge in [-0.05, 0) is 12.0 Å². The van der Waals surface area contributed by atoms with Crippen LogP contribution in [0.4, 0.5) is 0 Å². The first-order valence-corrected chi connectivity index (χ1v) is 6.57. The van der Waals surface area contributed by atoms with Crippen LogP contribution in [-0.4, -0.2) is 25.4 Å². The van der Waals surface area contributed by atoms with Crippen LogP contribution in [0.2, 0.25) is 0 Å². The van der Waals surface area contributed by atoms with Gasteiger partial charge in [-0.25, -0.2) is 0 Å². The molecule has 2 aromatic rings. The molecule has 0 aliphatic heterocycles. The van der Waals surface area contributed by atoms with Crippen LogP contribution >= 0.6 is 0 Å². The highest BCUT2D eigenvalue weighted by molar-refractivity contribution is 5.60. The Bertz CT molecular complexity index is 491. The van der Waals surface area contributed by atoms with E-state index in [9.17, 15) is 0 Å². The minimum Gasteiger partial charge on any atom is -0.383 e. The summed E-state index contributed by atoms with van der Waals surface area (Å²) in [6, 6.07) is 8.41. The largest absolute Gasteiger partial charge is 0.383 e. The van der Waals surface area contributed by atoms with Crippen molar-refractivity contribution in [1.82, 2.24) is 10.5 Å². The molecular weight excluding hydrogens is 240 g/mol. The molecule has 1 heterocycles. The van der Waals surface area contributed by atoms with E-state index in [0.29, 0.717) is 6.61 Å². The van der Waals surface area contributed by atoms with Gasteiger partial charge in [0.25, 0.3) is 0 Å². The van der Waals surface area contributed by atoms with Gasteiger partial charge in [0.05, 0.1) is 12.8 Å². The summed E-state index contributed by atoms with van der Waals surface area (Å²) >= 11 is 0. The maximum absolute atomic E-state index is 5.36. The maximum Gasteiger partial charge on any atom is 0.171 e. The van der Waals surface area contributed by atoms with Crippen LogP contribution < -0.4 is 5.32 Å². The van der Waals surface area contributed by atoms with E-state index in [1.165, 1.54) is 5.56 Å². The van der Waals surface area contributed by atoms with Gasteiger partial charge in [0.2, 0.25) is 0 Å². The summed E-state index contributed by atoms with van der Waals surface area (Å²) in [7, 11) is 1.70. The van der Waals surface area contributed by atoms with Crippen molar-refractivity contribution < 1.29 is 9.26 Å². The van der Waals surface area contributed by atoms with Crippen LogP contribution in [0.25, 0.3) is 11.3 Å². The zero-order valence-corrected chi connectivity index (χ0v) is 11.5. The Morgan fingerprint density at radius 2 is 2.05 bits per heavy atom. The molecule has 2 rings (SSSR count). The van der Waals surface area contributed by atoms with Crippen LogP contribution in [0.15, 0.2) is 35.0 Å². The topological polar surface area (TPSA) is 47.3 Å². The third kappa shape index (κ3) is 3.66. The van der Waals surface area contributed by atoms with Gasteiger partial charge in [0.1, 0.15) is 0 Å². The fourth-order valence-corrected chi connectivity index (χ4v) is 1.91. The number of rotatable bonds is 7. The van der Waals surface area contributed by atoms with E-state index in [-0.39, 0.29) is 0 Å². The van der Waals surface area contributed by atoms with Gasteiger partial charge >= 0.3 is 0 Å². The minimum atomic E-state index is 0.700. The number of nitrogens with zero attached hydrogens (tertiary/aromatic N) is 1. The van der Waals surface area contributed by atoms with Crippen molar-refractivity contribution in [2.24, 2.45) is 0 Å². The third-order valence-electron chi connectivity index (χ3n) is 3.07. The molecule has 0 aliphatic carbocycles. The molecule has 102 valence electrons. The zero-order chi connectivity index (χ0) is 13.5. The number of methoxy groups -OCH3 is 1. The molecule has 1 N–H and O–H groups in total. The quantitative estimate of drug-likeness (QED) is 0.777. The normalized spacial score (nSPS) is 10.8. The van der Waals surface area contributed by atoms with Crippen LogP contribution in [0.5, 0.6) is 0 Å². The van der Waals surface area contributed by atoms with Crippen molar-refractivity contribution in [2.45, 2.75) is 19.9 Å². The summed E-state index contributed by atoms with van der Waals surface area (Å²) in [5.41, 5.74) is 3.46. The van der Waals surface area contributed by atoms with Gasteiger partial charge in [-0.2, -0.15) is 0 Å². The van der Waals surface area contributed by atoms with Crippen molar-refractivity contribution in [2.75, 3.05) is 20.3 Å². The molecule has 0 atom stereocenters. The number of nitrogens with one attached hydrogen (secondary N) is 1. The second-order valence-electron chi connectivity index (χ2n) is 4.40. The molecule has 4 nitrogen and oxygen atoms in total. The second-order valence-corrected chi connectivity index (χ2v) is 4.40. The molecule has 0 saturated carbocycles. The van der Waals surface area contributed by atoms with E-state index in [1.807, 2.05) is 0 Å². The van der Waals surface area contributed by atoms with Gasteiger partial charge in [0, 0.05) is 31.3 Å². The van der Waals surface area contributed by atoms with E-state index < -0.39 is 0 Å². The Balaban J connectivity index is 2.05. The fourth-order valence-electron chi connectivity index (χ4n) is 1.91. The van der Waals surface area contributed by atoms with Crippen LogP contribution in [0, 0.1) is 0 Å². The van der Waals surface area contributed by atoms with Gasteiger partial charge in [0.15, 0.2) is 5.76 Å². The lowest BCUT2D eigenvalue weighted by Gasteiger charge is -2.04. The SMILES string of the molecule is CCc1ccc(-c2oncc2CNCCOC)cc1. The number of aryl methyl sites for hydroxylation is 1. The van der Waals surface area contributed by atoms with E-state index >= 15 is 0 Å². The highest BCUT2D eigenvalue weighted by atomic mass is 16.5. The van der Waals surface area contributed by atoms with Gasteiger partial charge in [-0.15, -0.1) is 0 Å². The smallest absolute Gasteiger partial charge is 0.171 e. The van der Waals surface area contributed by atoms with Crippen molar-refractivity contribution in [3.05, 3.63) is 41.6 Å². The molecule has 0 unspecified atom stereocenters. The predicted molar refractivity (Wildman–Crippen MR) is 74.9 cm³/mol. The van der Waals surface area contributed by atoms with Crippen molar-refractivity contribution in [3.63, 3.8) is 0 Å². The third-order valence-corrected chi connectivity index (χ3v) is 3.07. The number of aromatic nitrogens is 1. The lowest BCUT2D eigenvalue weighted by molar-refractivity contribution is 0.199. The fraction of sp³-hybridized carbons (Fsp3) is 0.400. The molecule has 4 heteroatoms. The molecule has 0 aliphatic rings. The van der Waals surface area contributed by atoms with E-state index in [0.717, 1.165) is 36.4 Å². The van der Waals surface area contributed by atoms with Crippen LogP contribution in [0.3, 0.4) is 0 Å². The van der Waals surface area contributed by atoms with Crippen molar-refractivity contribution in [3.8, 4) is 11.3 Å². The molecule has 0 spiro atoms. The molecule has 19 heavy (non-hydrogen) atoms. The standard InChI is InChI=1S/C15H20N2O2/c1-3-12-4-6-13(7-5-12)15-14(11-17-19-15)10-16-8-9-18-2/h4-7,11,16H,3,8-10H2,1-2H3. The molecule has 0 radical (unpaired) electrons. The first-order chi connectivity index (χ1) is 9.35. The predicted octanol–water partition coefficient (Wildman–Crippen LogP) is 2.64. The van der Waals surface area contributed by atoms with Crippen LogP contribution in [-0.2, 0) is 17.7 Å². The number of benzene rings is 1. The summed E-state index contributed by atoms with van der Waals surface area (Å²) in [5, 5.41) is 7.19. The van der Waals surface area contributed by atoms with E-state index in [4.69, 9.17) is 9.26 Å². The molecule has 0 fully saturated rings. The monoisotopic (exact) mass is 260 g/mol. The van der Waals surface area contributed by atoms with Gasteiger partial charge in [-0.1, -0.05) is 36.3 Å². The molecule has 1 aromatic carbocycles. The zero-order valence-electron chi connectivity index (χ0n) is 11.5. The first kappa shape index (κ1) is 13.8. The van der Waals surface area contributed by atoms with E-state index in [1.54, 1.807) is 13.3 Å². The lowest BCUT2D eigenvalue weighted by Crippen LogP contribution is -2.18. The Kier molecular flexibility index (Phi) is 5.12. The van der Waals surface area contributed by atoms with Crippen molar-refractivity contribution in [1.29, 1.82) is 0 Å². The molecule has 0 saturated heterocycles. The number of hydrogen-bond acceptors (Lipinski definition) is 4. The average molecular weight is 260 g/mol. The minimum absolute atomic E-state index is 0.700. The van der Waals surface area contributed by atoms with E-state index in [2.05, 4.69) is 41.7 Å². The Morgan fingerprint density at radius 1 is 1.26 bits per heavy atom.